The monoisotopic (exact) mass is 501 g/mol. The Morgan fingerprint density at radius 2 is 1.72 bits per heavy atom. The minimum absolute atomic E-state index is 0.0878. The van der Waals surface area contributed by atoms with Crippen LogP contribution in [0.1, 0.15) is 31.4 Å². The molecule has 4 rings (SSSR count). The van der Waals surface area contributed by atoms with Crippen molar-refractivity contribution in [1.29, 1.82) is 0 Å². The van der Waals surface area contributed by atoms with Crippen molar-refractivity contribution in [2.24, 2.45) is 0 Å². The Bertz CT molecular complexity index is 1360. The summed E-state index contributed by atoms with van der Waals surface area (Å²) in [6, 6.07) is 17.5. The van der Waals surface area contributed by atoms with Crippen molar-refractivity contribution < 1.29 is 13.9 Å². The van der Waals surface area contributed by atoms with E-state index in [-0.39, 0.29) is 11.7 Å². The summed E-state index contributed by atoms with van der Waals surface area (Å²) in [6.07, 6.45) is 0.661. The molecule has 5 nitrogen and oxygen atoms in total. The average Bonchev–Trinajstić information content (AvgIpc) is 3.03. The molecule has 1 saturated heterocycles. The average molecular weight is 502 g/mol. The Morgan fingerprint density at radius 3 is 2.39 bits per heavy atom. The Balaban J connectivity index is 1.40. The van der Waals surface area contributed by atoms with E-state index < -0.39 is 5.54 Å². The lowest BCUT2D eigenvalue weighted by molar-refractivity contribution is -0.123. The number of carbonyl (C=O) groups is 1. The van der Waals surface area contributed by atoms with Crippen LogP contribution in [0.15, 0.2) is 60.7 Å². The number of carbonyl (C=O) groups excluding carboxylic acids is 1. The van der Waals surface area contributed by atoms with E-state index in [0.717, 1.165) is 22.4 Å². The predicted octanol–water partition coefficient (Wildman–Crippen LogP) is 6.84. The van der Waals surface area contributed by atoms with E-state index in [0.29, 0.717) is 41.7 Å². The molecule has 0 N–H and O–H groups in total. The summed E-state index contributed by atoms with van der Waals surface area (Å²) in [6.45, 7) is 15.9. The zero-order valence-corrected chi connectivity index (χ0v) is 21.7. The summed E-state index contributed by atoms with van der Waals surface area (Å²) >= 11 is 5.75. The first-order valence-electron chi connectivity index (χ1n) is 11.8. The molecule has 7 heteroatoms. The minimum Gasteiger partial charge on any atom is -0.494 e. The SMILES string of the molecule is [C-]#[N+]c1ccc(N2C(=O)C(C)(C)N(CCCOc3ccc(-c4ccccc4F)cc3)C2=S)c(C)c1C. The van der Waals surface area contributed by atoms with Gasteiger partial charge in [-0.25, -0.2) is 9.24 Å². The Labute approximate surface area is 216 Å². The number of ether oxygens (including phenoxy) is 1. The van der Waals surface area contributed by atoms with Crippen molar-refractivity contribution in [2.45, 2.75) is 39.7 Å². The smallest absolute Gasteiger partial charge is 0.258 e. The lowest BCUT2D eigenvalue weighted by Crippen LogP contribution is -2.44. The topological polar surface area (TPSA) is 37.1 Å². The van der Waals surface area contributed by atoms with E-state index in [4.69, 9.17) is 23.5 Å². The third-order valence-electron chi connectivity index (χ3n) is 6.75. The molecule has 1 aliphatic heterocycles. The Kier molecular flexibility index (Phi) is 7.09. The number of thiocarbonyl (C=S) groups is 1. The molecule has 1 amide bonds. The van der Waals surface area contributed by atoms with Crippen LogP contribution in [0.4, 0.5) is 15.8 Å². The van der Waals surface area contributed by atoms with Gasteiger partial charge in [-0.2, -0.15) is 0 Å². The summed E-state index contributed by atoms with van der Waals surface area (Å²) in [4.78, 5) is 20.5. The maximum atomic E-state index is 14.0. The normalized spacial score (nSPS) is 14.8. The molecule has 0 saturated carbocycles. The summed E-state index contributed by atoms with van der Waals surface area (Å²) in [7, 11) is 0. The number of amides is 1. The van der Waals surface area contributed by atoms with Crippen LogP contribution in [-0.4, -0.2) is 34.6 Å². The maximum Gasteiger partial charge on any atom is 0.258 e. The molecule has 3 aromatic carbocycles. The molecule has 184 valence electrons. The van der Waals surface area contributed by atoms with Gasteiger partial charge >= 0.3 is 0 Å². The molecule has 0 unspecified atom stereocenters. The molecule has 0 atom stereocenters. The number of nitrogens with zero attached hydrogens (tertiary/aromatic N) is 3. The number of hydrogen-bond acceptors (Lipinski definition) is 3. The van der Waals surface area contributed by atoms with Gasteiger partial charge < -0.3 is 9.64 Å². The number of rotatable bonds is 7. The maximum absolute atomic E-state index is 14.0. The number of anilines is 1. The van der Waals surface area contributed by atoms with Crippen LogP contribution in [0.25, 0.3) is 16.0 Å². The van der Waals surface area contributed by atoms with Crippen molar-refractivity contribution in [3.8, 4) is 16.9 Å². The molecular weight excluding hydrogens is 473 g/mol. The quantitative estimate of drug-likeness (QED) is 0.202. The second-order valence-electron chi connectivity index (χ2n) is 9.31. The first-order valence-corrected chi connectivity index (χ1v) is 12.2. The molecule has 1 fully saturated rings. The van der Waals surface area contributed by atoms with Gasteiger partial charge in [0.2, 0.25) is 0 Å². The van der Waals surface area contributed by atoms with Gasteiger partial charge in [-0.05, 0) is 87.3 Å². The summed E-state index contributed by atoms with van der Waals surface area (Å²) in [5.74, 6) is 0.351. The molecule has 3 aromatic rings. The van der Waals surface area contributed by atoms with Gasteiger partial charge in [-0.15, -0.1) is 0 Å². The Hall–Kier alpha value is -3.76. The van der Waals surface area contributed by atoms with Gasteiger partial charge in [-0.1, -0.05) is 36.4 Å². The fourth-order valence-corrected chi connectivity index (χ4v) is 4.92. The number of hydrogen-bond donors (Lipinski definition) is 0. The highest BCUT2D eigenvalue weighted by Crippen LogP contribution is 2.37. The zero-order valence-electron chi connectivity index (χ0n) is 20.8. The third kappa shape index (κ3) is 4.57. The lowest BCUT2D eigenvalue weighted by Gasteiger charge is -2.29. The van der Waals surface area contributed by atoms with Crippen LogP contribution < -0.4 is 9.64 Å². The van der Waals surface area contributed by atoms with Crippen molar-refractivity contribution in [3.63, 3.8) is 0 Å². The molecule has 0 aromatic heterocycles. The van der Waals surface area contributed by atoms with Crippen LogP contribution in [0, 0.1) is 26.2 Å². The highest BCUT2D eigenvalue weighted by atomic mass is 32.1. The second kappa shape index (κ2) is 10.1. The highest BCUT2D eigenvalue weighted by molar-refractivity contribution is 7.80. The van der Waals surface area contributed by atoms with Gasteiger partial charge in [0.15, 0.2) is 10.8 Å². The first kappa shape index (κ1) is 25.3. The van der Waals surface area contributed by atoms with Gasteiger partial charge in [0, 0.05) is 12.1 Å². The van der Waals surface area contributed by atoms with Gasteiger partial charge in [0.25, 0.3) is 5.91 Å². The molecule has 0 radical (unpaired) electrons. The van der Waals surface area contributed by atoms with Crippen LogP contribution in [0.3, 0.4) is 0 Å². The van der Waals surface area contributed by atoms with Crippen molar-refractivity contribution in [3.05, 3.63) is 89.0 Å². The van der Waals surface area contributed by atoms with Crippen LogP contribution in [-0.2, 0) is 4.79 Å². The fraction of sp³-hybridized carbons (Fsp3) is 0.276. The van der Waals surface area contributed by atoms with Crippen molar-refractivity contribution >= 4 is 34.6 Å². The summed E-state index contributed by atoms with van der Waals surface area (Å²) in [5, 5.41) is 0.456. The molecule has 1 heterocycles. The van der Waals surface area contributed by atoms with E-state index in [1.54, 1.807) is 29.2 Å². The summed E-state index contributed by atoms with van der Waals surface area (Å²) < 4.78 is 19.9. The minimum atomic E-state index is -0.794. The van der Waals surface area contributed by atoms with Crippen LogP contribution in [0.2, 0.25) is 0 Å². The number of halogens is 1. The molecule has 1 aliphatic rings. The van der Waals surface area contributed by atoms with Crippen LogP contribution in [0.5, 0.6) is 5.75 Å². The first-order chi connectivity index (χ1) is 17.2. The third-order valence-corrected chi connectivity index (χ3v) is 7.15. The zero-order chi connectivity index (χ0) is 26.0. The van der Waals surface area contributed by atoms with E-state index in [2.05, 4.69) is 4.85 Å². The van der Waals surface area contributed by atoms with Gasteiger partial charge in [-0.3, -0.25) is 9.69 Å². The predicted molar refractivity (Wildman–Crippen MR) is 145 cm³/mol. The molecule has 0 aliphatic carbocycles. The second-order valence-corrected chi connectivity index (χ2v) is 9.67. The molecule has 0 bridgehead atoms. The van der Waals surface area contributed by atoms with E-state index in [1.807, 2.05) is 62.9 Å². The fourth-order valence-electron chi connectivity index (χ4n) is 4.42. The lowest BCUT2D eigenvalue weighted by atomic mass is 10.0. The van der Waals surface area contributed by atoms with E-state index in [9.17, 15) is 9.18 Å². The van der Waals surface area contributed by atoms with Gasteiger partial charge in [0.1, 0.15) is 17.1 Å². The highest BCUT2D eigenvalue weighted by Gasteiger charge is 2.49. The van der Waals surface area contributed by atoms with E-state index >= 15 is 0 Å². The molecule has 36 heavy (non-hydrogen) atoms. The van der Waals surface area contributed by atoms with Gasteiger partial charge in [0.05, 0.1) is 18.9 Å². The summed E-state index contributed by atoms with van der Waals surface area (Å²) in [5.41, 5.74) is 3.57. The van der Waals surface area contributed by atoms with E-state index in [1.165, 1.54) is 6.07 Å². The number of benzene rings is 3. The Morgan fingerprint density at radius 1 is 1.03 bits per heavy atom. The van der Waals surface area contributed by atoms with Crippen LogP contribution >= 0.6 is 12.2 Å². The molecular formula is C29H28FN3O2S. The van der Waals surface area contributed by atoms with Crippen molar-refractivity contribution in [1.82, 2.24) is 4.90 Å². The largest absolute Gasteiger partial charge is 0.494 e. The van der Waals surface area contributed by atoms with Crippen molar-refractivity contribution in [2.75, 3.05) is 18.1 Å². The molecule has 0 spiro atoms. The standard InChI is InChI=1S/C29H28FN3O2S/c1-19-20(2)26(16-15-25(19)31-5)33-27(34)29(3,4)32(28(33)36)17-8-18-35-22-13-11-21(12-14-22)23-9-6-7-10-24(23)30/h6-7,9-16H,8,17-18H2,1-4H3.